The molecule has 25 heavy (non-hydrogen) atoms. The molecule has 0 aromatic heterocycles. The molecule has 0 amide bonds. The molecule has 0 spiro atoms. The van der Waals surface area contributed by atoms with Gasteiger partial charge in [0.2, 0.25) is 0 Å². The second kappa shape index (κ2) is 6.46. The van der Waals surface area contributed by atoms with Gasteiger partial charge in [0.1, 0.15) is 0 Å². The van der Waals surface area contributed by atoms with Gasteiger partial charge in [0, 0.05) is 17.6 Å². The summed E-state index contributed by atoms with van der Waals surface area (Å²) in [6.07, 6.45) is -3.95. The zero-order valence-corrected chi connectivity index (χ0v) is 14.0. The van der Waals surface area contributed by atoms with Gasteiger partial charge in [-0.3, -0.25) is 10.5 Å². The molecule has 3 N–H and O–H groups in total. The van der Waals surface area contributed by atoms with E-state index in [1.165, 1.54) is 0 Å². The smallest absolute Gasteiger partial charge is 0.299 e. The van der Waals surface area contributed by atoms with E-state index in [0.717, 1.165) is 5.56 Å². The first kappa shape index (κ1) is 17.9. The average molecular weight is 370 g/mol. The molecule has 1 aliphatic rings. The Hall–Kier alpha value is -1.86. The number of nitrogens with one attached hydrogen (secondary N) is 1. The zero-order valence-electron chi connectivity index (χ0n) is 13.2. The Bertz CT molecular complexity index is 754. The van der Waals surface area contributed by atoms with E-state index in [4.69, 9.17) is 10.5 Å². The van der Waals surface area contributed by atoms with Crippen LogP contribution in [0.1, 0.15) is 28.7 Å². The minimum Gasteiger partial charge on any atom is -0.299 e. The quantitative estimate of drug-likeness (QED) is 0.693. The largest absolute Gasteiger partial charge is 0.354 e. The van der Waals surface area contributed by atoms with E-state index in [0.29, 0.717) is 5.56 Å². The van der Waals surface area contributed by atoms with Gasteiger partial charge in [-0.25, -0.2) is 8.78 Å². The third-order valence-electron chi connectivity index (χ3n) is 4.64. The predicted octanol–water partition coefficient (Wildman–Crippen LogP) is 5.43. The summed E-state index contributed by atoms with van der Waals surface area (Å²) in [5, 5.41) is 8.21. The highest BCUT2D eigenvalue weighted by Crippen LogP contribution is 2.75. The maximum absolute atomic E-state index is 14.5. The third-order valence-corrected chi connectivity index (χ3v) is 8.10. The van der Waals surface area contributed by atoms with Crippen molar-refractivity contribution in [2.24, 2.45) is 5.14 Å². The van der Waals surface area contributed by atoms with Crippen molar-refractivity contribution in [3.05, 3.63) is 71.8 Å². The summed E-state index contributed by atoms with van der Waals surface area (Å²) < 4.78 is 55.5. The molecule has 0 saturated carbocycles. The lowest BCUT2D eigenvalue weighted by Crippen LogP contribution is -2.42. The minimum absolute atomic E-state index is 0.0439. The lowest BCUT2D eigenvalue weighted by Gasteiger charge is -2.44. The molecule has 0 aliphatic carbocycles. The van der Waals surface area contributed by atoms with Crippen molar-refractivity contribution >= 4 is 15.3 Å². The van der Waals surface area contributed by atoms with E-state index in [-0.39, 0.29) is 6.42 Å². The first-order chi connectivity index (χ1) is 11.8. The van der Waals surface area contributed by atoms with Crippen LogP contribution in [0.2, 0.25) is 0 Å². The normalized spacial score (nSPS) is 29.6. The van der Waals surface area contributed by atoms with Crippen LogP contribution in [0, 0.1) is 5.41 Å². The summed E-state index contributed by atoms with van der Waals surface area (Å²) >= 11 is 0. The van der Waals surface area contributed by atoms with Crippen molar-refractivity contribution in [2.45, 2.75) is 29.3 Å². The van der Waals surface area contributed by atoms with E-state index in [2.05, 4.69) is 0 Å². The molecule has 134 valence electrons. The monoisotopic (exact) mass is 370 g/mol. The van der Waals surface area contributed by atoms with E-state index in [1.54, 1.807) is 60.7 Å². The van der Waals surface area contributed by atoms with Gasteiger partial charge < -0.3 is 0 Å². The Balaban J connectivity index is 2.19. The van der Waals surface area contributed by atoms with E-state index >= 15 is 0 Å². The van der Waals surface area contributed by atoms with Crippen molar-refractivity contribution < 1.29 is 17.6 Å². The number of benzene rings is 2. The average Bonchev–Trinajstić information content (AvgIpc) is 2.89. The fourth-order valence-electron chi connectivity index (χ4n) is 3.42. The fourth-order valence-corrected chi connectivity index (χ4v) is 6.50. The van der Waals surface area contributed by atoms with Crippen molar-refractivity contribution in [1.82, 2.24) is 0 Å². The summed E-state index contributed by atoms with van der Waals surface area (Å²) in [6.45, 7) is 0. The number of alkyl halides is 4. The fraction of sp³-hybridized carbons (Fsp3) is 0.278. The van der Waals surface area contributed by atoms with Crippen LogP contribution in [0.3, 0.4) is 0 Å². The maximum Gasteiger partial charge on any atom is 0.354 e. The summed E-state index contributed by atoms with van der Waals surface area (Å²) in [7, 11) is -3.85. The highest BCUT2D eigenvalue weighted by atomic mass is 32.3. The number of hydrogen-bond donors (Lipinski definition) is 2. The number of nitrogens with two attached hydrogens (primary N) is 1. The van der Waals surface area contributed by atoms with Gasteiger partial charge in [-0.15, -0.1) is 0 Å². The predicted molar refractivity (Wildman–Crippen MR) is 93.4 cm³/mol. The van der Waals surface area contributed by atoms with E-state index in [9.17, 15) is 17.6 Å². The molecular formula is C18H18F4N2S. The highest BCUT2D eigenvalue weighted by molar-refractivity contribution is 8.44. The van der Waals surface area contributed by atoms with Crippen LogP contribution in [-0.2, 0) is 0 Å². The van der Waals surface area contributed by atoms with Gasteiger partial charge >= 0.3 is 11.7 Å². The summed E-state index contributed by atoms with van der Waals surface area (Å²) in [5.74, 6) is -0.527. The molecule has 3 atom stereocenters. The molecule has 2 nitrogen and oxygen atoms in total. The Kier molecular flexibility index (Phi) is 4.64. The molecule has 1 saturated heterocycles. The van der Waals surface area contributed by atoms with Crippen LogP contribution >= 0.6 is 10.2 Å². The van der Waals surface area contributed by atoms with Crippen LogP contribution in [0.5, 0.6) is 0 Å². The van der Waals surface area contributed by atoms with Crippen molar-refractivity contribution in [3.63, 3.8) is 0 Å². The molecular weight excluding hydrogens is 352 g/mol. The first-order valence-corrected chi connectivity index (χ1v) is 9.49. The van der Waals surface area contributed by atoms with Gasteiger partial charge in [-0.1, -0.05) is 70.9 Å². The van der Waals surface area contributed by atoms with E-state index < -0.39 is 38.1 Å². The van der Waals surface area contributed by atoms with Gasteiger partial charge in [0.25, 0.3) is 0 Å². The van der Waals surface area contributed by atoms with Gasteiger partial charge in [0.15, 0.2) is 0 Å². The SMILES string of the molecule is N=C1CC(c2ccccc2)C(c2ccccc2)S1(N)C(F)(F)C(F)F. The van der Waals surface area contributed by atoms with Crippen molar-refractivity contribution in [2.75, 3.05) is 0 Å². The standard InChI is InChI=1S/C18H18F4N2S/c19-17(20)18(21,22)25(24)15(23)11-14(12-7-3-1-4-8-12)16(25)13-9-5-2-6-10-13/h1-10,14,16-17,23H,11,24H2. The second-order valence-corrected chi connectivity index (χ2v) is 9.01. The number of rotatable bonds is 4. The van der Waals surface area contributed by atoms with Crippen LogP contribution in [-0.4, -0.2) is 16.7 Å². The number of hydrogen-bond acceptors (Lipinski definition) is 2. The molecule has 0 radical (unpaired) electrons. The van der Waals surface area contributed by atoms with Crippen molar-refractivity contribution in [1.29, 1.82) is 5.41 Å². The Labute approximate surface area is 145 Å². The summed E-state index contributed by atoms with van der Waals surface area (Å²) in [6, 6.07) is 17.1. The maximum atomic E-state index is 14.5. The minimum atomic E-state index is -4.42. The van der Waals surface area contributed by atoms with Crippen LogP contribution < -0.4 is 5.14 Å². The molecule has 1 aliphatic heterocycles. The molecule has 2 aromatic rings. The van der Waals surface area contributed by atoms with E-state index in [1.807, 2.05) is 0 Å². The van der Waals surface area contributed by atoms with Gasteiger partial charge in [0.05, 0.1) is 5.04 Å². The highest BCUT2D eigenvalue weighted by Gasteiger charge is 2.64. The Morgan fingerprint density at radius 2 is 1.44 bits per heavy atom. The molecule has 1 fully saturated rings. The Morgan fingerprint density at radius 1 is 0.960 bits per heavy atom. The third kappa shape index (κ3) is 2.75. The summed E-state index contributed by atoms with van der Waals surface area (Å²) in [4.78, 5) is 0. The topological polar surface area (TPSA) is 49.9 Å². The molecule has 3 unspecified atom stereocenters. The Morgan fingerprint density at radius 3 is 1.92 bits per heavy atom. The first-order valence-electron chi connectivity index (χ1n) is 7.73. The molecule has 2 aromatic carbocycles. The molecule has 0 bridgehead atoms. The lowest BCUT2D eigenvalue weighted by molar-refractivity contribution is -0.0597. The van der Waals surface area contributed by atoms with Crippen LogP contribution in [0.15, 0.2) is 60.7 Å². The molecule has 7 heteroatoms. The number of halogens is 4. The lowest BCUT2D eigenvalue weighted by atomic mass is 9.89. The molecule has 1 heterocycles. The summed E-state index contributed by atoms with van der Waals surface area (Å²) in [5.41, 5.74) is 1.20. The van der Waals surface area contributed by atoms with Gasteiger partial charge in [-0.2, -0.15) is 8.78 Å². The molecule has 3 rings (SSSR count). The van der Waals surface area contributed by atoms with Gasteiger partial charge in [-0.05, 0) is 11.1 Å². The zero-order chi connectivity index (χ0) is 18.2. The van der Waals surface area contributed by atoms with Crippen LogP contribution in [0.4, 0.5) is 17.6 Å². The van der Waals surface area contributed by atoms with Crippen LogP contribution in [0.25, 0.3) is 0 Å². The van der Waals surface area contributed by atoms with Crippen molar-refractivity contribution in [3.8, 4) is 0 Å². The second-order valence-electron chi connectivity index (χ2n) is 6.05.